The zero-order valence-electron chi connectivity index (χ0n) is 13.9. The Morgan fingerprint density at radius 1 is 1.40 bits per heavy atom. The fourth-order valence-corrected chi connectivity index (χ4v) is 3.63. The molecule has 0 radical (unpaired) electrons. The Bertz CT molecular complexity index is 741. The fourth-order valence-electron chi connectivity index (χ4n) is 2.75. The van der Waals surface area contributed by atoms with E-state index in [0.29, 0.717) is 6.61 Å². The number of aromatic nitrogens is 1. The zero-order valence-corrected chi connectivity index (χ0v) is 14.7. The maximum Gasteiger partial charge on any atom is 0.326 e. The third-order valence-corrected chi connectivity index (χ3v) is 5.16. The Labute approximate surface area is 150 Å². The van der Waals surface area contributed by atoms with E-state index in [0.717, 1.165) is 23.4 Å². The van der Waals surface area contributed by atoms with Crippen molar-refractivity contribution in [3.8, 4) is 0 Å². The Hall–Kier alpha value is -2.25. The van der Waals surface area contributed by atoms with Gasteiger partial charge in [-0.1, -0.05) is 30.3 Å². The Morgan fingerprint density at radius 2 is 2.16 bits per heavy atom. The lowest BCUT2D eigenvalue weighted by molar-refractivity contribution is -0.141. The van der Waals surface area contributed by atoms with E-state index in [2.05, 4.69) is 4.98 Å². The first-order valence-corrected chi connectivity index (χ1v) is 9.09. The van der Waals surface area contributed by atoms with Crippen LogP contribution < -0.4 is 0 Å². The molecule has 1 fully saturated rings. The molecule has 1 aliphatic rings. The molecule has 1 saturated heterocycles. The second-order valence-electron chi connectivity index (χ2n) is 6.01. The lowest BCUT2D eigenvalue weighted by atomic mass is 10.1. The van der Waals surface area contributed by atoms with Gasteiger partial charge in [-0.3, -0.25) is 4.79 Å². The van der Waals surface area contributed by atoms with Crippen LogP contribution in [0.15, 0.2) is 35.7 Å². The number of amides is 1. The van der Waals surface area contributed by atoms with E-state index in [1.807, 2.05) is 30.3 Å². The molecular formula is C18H20N2O4S. The van der Waals surface area contributed by atoms with Gasteiger partial charge in [-0.25, -0.2) is 9.78 Å². The molecule has 2 unspecified atom stereocenters. The van der Waals surface area contributed by atoms with Gasteiger partial charge in [0.1, 0.15) is 22.8 Å². The number of carboxylic acid groups (broad SMARTS) is 1. The Morgan fingerprint density at radius 3 is 2.80 bits per heavy atom. The Kier molecular flexibility index (Phi) is 5.45. The molecule has 7 heteroatoms. The molecule has 1 aliphatic heterocycles. The molecule has 0 spiro atoms. The minimum atomic E-state index is -1.04. The molecule has 6 nitrogen and oxygen atoms in total. The van der Waals surface area contributed by atoms with Gasteiger partial charge in [0.15, 0.2) is 0 Å². The molecule has 25 heavy (non-hydrogen) atoms. The monoisotopic (exact) mass is 360 g/mol. The van der Waals surface area contributed by atoms with Crippen molar-refractivity contribution in [2.24, 2.45) is 0 Å². The standard InChI is InChI=1S/C18H20N2O4S/c1-12(18(22)23)20(10-13-6-3-2-4-7-13)17(21)14-11-25-16(19-14)15-8-5-9-24-15/h2-4,6-7,11-12,15H,5,8-10H2,1H3,(H,22,23). The maximum absolute atomic E-state index is 12.9. The van der Waals surface area contributed by atoms with Crippen molar-refractivity contribution in [3.05, 3.63) is 52.0 Å². The van der Waals surface area contributed by atoms with Gasteiger partial charge in [-0.05, 0) is 25.3 Å². The molecule has 2 aromatic rings. The molecule has 2 heterocycles. The molecule has 1 aromatic heterocycles. The number of nitrogens with zero attached hydrogens (tertiary/aromatic N) is 2. The molecule has 2 atom stereocenters. The minimum Gasteiger partial charge on any atom is -0.480 e. The first-order valence-electron chi connectivity index (χ1n) is 8.21. The number of aliphatic carboxylic acids is 1. The molecule has 1 N–H and O–H groups in total. The highest BCUT2D eigenvalue weighted by Crippen LogP contribution is 2.31. The van der Waals surface area contributed by atoms with Gasteiger partial charge < -0.3 is 14.7 Å². The van der Waals surface area contributed by atoms with E-state index in [1.54, 1.807) is 5.38 Å². The summed E-state index contributed by atoms with van der Waals surface area (Å²) in [4.78, 5) is 30.1. The van der Waals surface area contributed by atoms with Gasteiger partial charge in [0, 0.05) is 18.5 Å². The molecular weight excluding hydrogens is 340 g/mol. The number of hydrogen-bond donors (Lipinski definition) is 1. The van der Waals surface area contributed by atoms with Crippen molar-refractivity contribution in [2.45, 2.75) is 38.5 Å². The number of benzene rings is 1. The van der Waals surface area contributed by atoms with Crippen LogP contribution in [0.4, 0.5) is 0 Å². The van der Waals surface area contributed by atoms with Gasteiger partial charge in [-0.2, -0.15) is 0 Å². The Balaban J connectivity index is 1.82. The fraction of sp³-hybridized carbons (Fsp3) is 0.389. The second-order valence-corrected chi connectivity index (χ2v) is 6.90. The van der Waals surface area contributed by atoms with Gasteiger partial charge in [0.2, 0.25) is 0 Å². The topological polar surface area (TPSA) is 79.7 Å². The van der Waals surface area contributed by atoms with E-state index < -0.39 is 12.0 Å². The highest BCUT2D eigenvalue weighted by atomic mass is 32.1. The lowest BCUT2D eigenvalue weighted by Gasteiger charge is -2.26. The summed E-state index contributed by atoms with van der Waals surface area (Å²) in [6, 6.07) is 8.40. The van der Waals surface area contributed by atoms with E-state index >= 15 is 0 Å². The SMILES string of the molecule is CC(C(=O)O)N(Cc1ccccc1)C(=O)c1csc(C2CCCO2)n1. The van der Waals surface area contributed by atoms with E-state index in [9.17, 15) is 14.7 Å². The summed E-state index contributed by atoms with van der Waals surface area (Å²) in [5.74, 6) is -1.42. The van der Waals surface area contributed by atoms with Crippen LogP contribution in [0, 0.1) is 0 Å². The van der Waals surface area contributed by atoms with E-state index in [-0.39, 0.29) is 24.2 Å². The van der Waals surface area contributed by atoms with Crippen molar-refractivity contribution in [2.75, 3.05) is 6.61 Å². The van der Waals surface area contributed by atoms with Gasteiger partial charge in [0.05, 0.1) is 0 Å². The van der Waals surface area contributed by atoms with Crippen LogP contribution in [-0.4, -0.2) is 39.5 Å². The second kappa shape index (κ2) is 7.76. The van der Waals surface area contributed by atoms with Crippen LogP contribution in [0.25, 0.3) is 0 Å². The molecule has 0 aliphatic carbocycles. The van der Waals surface area contributed by atoms with E-state index in [1.165, 1.54) is 23.2 Å². The highest BCUT2D eigenvalue weighted by molar-refractivity contribution is 7.09. The summed E-state index contributed by atoms with van der Waals surface area (Å²) in [7, 11) is 0. The maximum atomic E-state index is 12.9. The average molecular weight is 360 g/mol. The smallest absolute Gasteiger partial charge is 0.326 e. The largest absolute Gasteiger partial charge is 0.480 e. The summed E-state index contributed by atoms with van der Waals surface area (Å²) in [5, 5.41) is 11.8. The lowest BCUT2D eigenvalue weighted by Crippen LogP contribution is -2.42. The summed E-state index contributed by atoms with van der Waals surface area (Å²) in [6.45, 7) is 2.44. The van der Waals surface area contributed by atoms with Crippen LogP contribution in [0.5, 0.6) is 0 Å². The van der Waals surface area contributed by atoms with E-state index in [4.69, 9.17) is 4.74 Å². The number of rotatable bonds is 6. The van der Waals surface area contributed by atoms with Gasteiger partial charge in [0.25, 0.3) is 5.91 Å². The molecule has 1 amide bonds. The summed E-state index contributed by atoms with van der Waals surface area (Å²) < 4.78 is 5.60. The van der Waals surface area contributed by atoms with Gasteiger partial charge >= 0.3 is 5.97 Å². The molecule has 132 valence electrons. The quantitative estimate of drug-likeness (QED) is 0.856. The summed E-state index contributed by atoms with van der Waals surface area (Å²) in [5.41, 5.74) is 1.15. The molecule has 3 rings (SSSR count). The van der Waals surface area contributed by atoms with Crippen molar-refractivity contribution < 1.29 is 19.4 Å². The van der Waals surface area contributed by atoms with Crippen molar-refractivity contribution >= 4 is 23.2 Å². The minimum absolute atomic E-state index is 0.0500. The number of carbonyl (C=O) groups excluding carboxylic acids is 1. The van der Waals surface area contributed by atoms with Crippen molar-refractivity contribution in [1.29, 1.82) is 0 Å². The molecule has 0 saturated carbocycles. The van der Waals surface area contributed by atoms with Crippen LogP contribution in [0.3, 0.4) is 0 Å². The van der Waals surface area contributed by atoms with Crippen LogP contribution >= 0.6 is 11.3 Å². The number of carbonyl (C=O) groups is 2. The van der Waals surface area contributed by atoms with Crippen molar-refractivity contribution in [1.82, 2.24) is 9.88 Å². The zero-order chi connectivity index (χ0) is 17.8. The van der Waals surface area contributed by atoms with Gasteiger partial charge in [-0.15, -0.1) is 11.3 Å². The first kappa shape index (κ1) is 17.6. The third-order valence-electron chi connectivity index (χ3n) is 4.23. The molecule has 0 bridgehead atoms. The van der Waals surface area contributed by atoms with Crippen molar-refractivity contribution in [3.63, 3.8) is 0 Å². The van der Waals surface area contributed by atoms with Crippen LogP contribution in [0.2, 0.25) is 0 Å². The first-order chi connectivity index (χ1) is 12.1. The number of thiazole rings is 1. The predicted octanol–water partition coefficient (Wildman–Crippen LogP) is 3.11. The summed E-state index contributed by atoms with van der Waals surface area (Å²) in [6.07, 6.45) is 1.84. The van der Waals surface area contributed by atoms with Crippen LogP contribution in [0.1, 0.15) is 46.9 Å². The normalized spacial score (nSPS) is 18.0. The number of carboxylic acids is 1. The number of ether oxygens (including phenoxy) is 1. The molecule has 1 aromatic carbocycles. The average Bonchev–Trinajstić information content (AvgIpc) is 3.30. The number of hydrogen-bond acceptors (Lipinski definition) is 5. The highest BCUT2D eigenvalue weighted by Gasteiger charge is 2.29. The predicted molar refractivity (Wildman–Crippen MR) is 93.5 cm³/mol. The third kappa shape index (κ3) is 4.05. The summed E-state index contributed by atoms with van der Waals surface area (Å²) >= 11 is 1.39. The van der Waals surface area contributed by atoms with Crippen LogP contribution in [-0.2, 0) is 16.1 Å².